The van der Waals surface area contributed by atoms with Crippen LogP contribution in [0.2, 0.25) is 0 Å². The molecule has 4 N–H and O–H groups in total. The molecule has 0 saturated heterocycles. The van der Waals surface area contributed by atoms with Crippen LogP contribution in [-0.2, 0) is 0 Å². The minimum absolute atomic E-state index is 0.349. The Morgan fingerprint density at radius 1 is 1.26 bits per heavy atom. The Kier molecular flexibility index (Phi) is 3.67. The highest BCUT2D eigenvalue weighted by Gasteiger charge is 2.36. The molecular formula is C14H24N4O. The van der Waals surface area contributed by atoms with Gasteiger partial charge in [0, 0.05) is 12.1 Å². The summed E-state index contributed by atoms with van der Waals surface area (Å²) >= 11 is 0. The standard InChI is InChI=1S/C14H24N4O/c1-10-11(15)17-9-18-12(10)16-8-14(19)6-4-13(2,3)5-7-14/h9,19H,4-8H2,1-3H3,(H3,15,16,17,18). The van der Waals surface area contributed by atoms with E-state index in [-0.39, 0.29) is 0 Å². The minimum atomic E-state index is -0.637. The summed E-state index contributed by atoms with van der Waals surface area (Å²) in [6.45, 7) is 6.91. The highest BCUT2D eigenvalue weighted by molar-refractivity contribution is 5.53. The summed E-state index contributed by atoms with van der Waals surface area (Å²) in [5, 5.41) is 13.8. The van der Waals surface area contributed by atoms with Gasteiger partial charge >= 0.3 is 0 Å². The van der Waals surface area contributed by atoms with Gasteiger partial charge in [-0.25, -0.2) is 9.97 Å². The van der Waals surface area contributed by atoms with Gasteiger partial charge in [-0.2, -0.15) is 0 Å². The lowest BCUT2D eigenvalue weighted by atomic mass is 9.71. The van der Waals surface area contributed by atoms with Crippen LogP contribution in [0, 0.1) is 12.3 Å². The molecule has 0 bridgehead atoms. The first-order chi connectivity index (χ1) is 8.81. The molecule has 1 aliphatic rings. The van der Waals surface area contributed by atoms with E-state index in [0.717, 1.165) is 31.2 Å². The van der Waals surface area contributed by atoms with Crippen LogP contribution in [0.4, 0.5) is 11.6 Å². The number of hydrogen-bond acceptors (Lipinski definition) is 5. The Balaban J connectivity index is 1.97. The van der Waals surface area contributed by atoms with E-state index in [1.54, 1.807) is 0 Å². The van der Waals surface area contributed by atoms with Crippen molar-refractivity contribution in [2.75, 3.05) is 17.6 Å². The first-order valence-electron chi connectivity index (χ1n) is 6.85. The second-order valence-electron chi connectivity index (χ2n) is 6.47. The first kappa shape index (κ1) is 14.1. The van der Waals surface area contributed by atoms with Crippen LogP contribution in [0.25, 0.3) is 0 Å². The van der Waals surface area contributed by atoms with E-state index in [4.69, 9.17) is 5.73 Å². The fourth-order valence-corrected chi connectivity index (χ4v) is 2.46. The third kappa shape index (κ3) is 3.35. The maximum atomic E-state index is 10.6. The van der Waals surface area contributed by atoms with Crippen LogP contribution in [0.1, 0.15) is 45.1 Å². The first-order valence-corrected chi connectivity index (χ1v) is 6.85. The second-order valence-corrected chi connectivity index (χ2v) is 6.47. The smallest absolute Gasteiger partial charge is 0.134 e. The molecule has 0 aliphatic heterocycles. The molecule has 2 rings (SSSR count). The van der Waals surface area contributed by atoms with E-state index in [0.29, 0.717) is 23.6 Å². The number of anilines is 2. The van der Waals surface area contributed by atoms with Crippen molar-refractivity contribution in [1.29, 1.82) is 0 Å². The summed E-state index contributed by atoms with van der Waals surface area (Å²) in [5.41, 5.74) is 6.29. The summed E-state index contributed by atoms with van der Waals surface area (Å²) < 4.78 is 0. The van der Waals surface area contributed by atoms with Crippen molar-refractivity contribution in [3.63, 3.8) is 0 Å². The Morgan fingerprint density at radius 2 is 1.89 bits per heavy atom. The molecule has 0 atom stereocenters. The molecular weight excluding hydrogens is 240 g/mol. The van der Waals surface area contributed by atoms with Crippen LogP contribution in [0.5, 0.6) is 0 Å². The van der Waals surface area contributed by atoms with Gasteiger partial charge in [0.15, 0.2) is 0 Å². The summed E-state index contributed by atoms with van der Waals surface area (Å²) in [6, 6.07) is 0. The van der Waals surface area contributed by atoms with E-state index in [2.05, 4.69) is 29.1 Å². The molecule has 106 valence electrons. The lowest BCUT2D eigenvalue weighted by molar-refractivity contribution is -0.0146. The Labute approximate surface area is 114 Å². The van der Waals surface area contributed by atoms with E-state index in [1.807, 2.05) is 6.92 Å². The molecule has 0 spiro atoms. The van der Waals surface area contributed by atoms with Gasteiger partial charge in [0.1, 0.15) is 18.0 Å². The molecule has 5 nitrogen and oxygen atoms in total. The van der Waals surface area contributed by atoms with Crippen LogP contribution in [0.3, 0.4) is 0 Å². The summed E-state index contributed by atoms with van der Waals surface area (Å²) in [6.07, 6.45) is 5.20. The largest absolute Gasteiger partial charge is 0.388 e. The highest BCUT2D eigenvalue weighted by atomic mass is 16.3. The third-order valence-electron chi connectivity index (χ3n) is 4.24. The normalized spacial score (nSPS) is 21.1. The van der Waals surface area contributed by atoms with Gasteiger partial charge in [-0.1, -0.05) is 13.8 Å². The molecule has 1 fully saturated rings. The third-order valence-corrected chi connectivity index (χ3v) is 4.24. The number of nitrogens with two attached hydrogens (primary N) is 1. The molecule has 1 aromatic rings. The maximum absolute atomic E-state index is 10.6. The Bertz CT molecular complexity index is 449. The predicted molar refractivity (Wildman–Crippen MR) is 76.9 cm³/mol. The van der Waals surface area contributed by atoms with Gasteiger partial charge in [-0.05, 0) is 38.0 Å². The van der Waals surface area contributed by atoms with Gasteiger partial charge < -0.3 is 16.2 Å². The predicted octanol–water partition coefficient (Wildman–Crippen LogP) is 2.11. The van der Waals surface area contributed by atoms with Crippen LogP contribution in [0.15, 0.2) is 6.33 Å². The zero-order chi connectivity index (χ0) is 14.1. The average molecular weight is 264 g/mol. The van der Waals surface area contributed by atoms with E-state index in [9.17, 15) is 5.11 Å². The summed E-state index contributed by atoms with van der Waals surface area (Å²) in [5.74, 6) is 1.19. The molecule has 0 unspecified atom stereocenters. The molecule has 0 radical (unpaired) electrons. The number of aromatic nitrogens is 2. The molecule has 19 heavy (non-hydrogen) atoms. The van der Waals surface area contributed by atoms with Gasteiger partial charge in [0.25, 0.3) is 0 Å². The lowest BCUT2D eigenvalue weighted by Crippen LogP contribution is -2.42. The quantitative estimate of drug-likeness (QED) is 0.778. The van der Waals surface area contributed by atoms with Crippen LogP contribution in [-0.4, -0.2) is 27.2 Å². The fraction of sp³-hybridized carbons (Fsp3) is 0.714. The minimum Gasteiger partial charge on any atom is -0.388 e. The van der Waals surface area contributed by atoms with Crippen molar-refractivity contribution in [2.45, 2.75) is 52.1 Å². The summed E-state index contributed by atoms with van der Waals surface area (Å²) in [7, 11) is 0. The van der Waals surface area contributed by atoms with E-state index < -0.39 is 5.60 Å². The molecule has 1 heterocycles. The van der Waals surface area contributed by atoms with Gasteiger partial charge in [-0.15, -0.1) is 0 Å². The fourth-order valence-electron chi connectivity index (χ4n) is 2.46. The van der Waals surface area contributed by atoms with Crippen molar-refractivity contribution in [1.82, 2.24) is 9.97 Å². The number of hydrogen-bond donors (Lipinski definition) is 3. The van der Waals surface area contributed by atoms with Gasteiger partial charge in [0.2, 0.25) is 0 Å². The highest BCUT2D eigenvalue weighted by Crippen LogP contribution is 2.40. The number of nitrogens with one attached hydrogen (secondary N) is 1. The van der Waals surface area contributed by atoms with Crippen LogP contribution < -0.4 is 11.1 Å². The van der Waals surface area contributed by atoms with Crippen LogP contribution >= 0.6 is 0 Å². The zero-order valence-electron chi connectivity index (χ0n) is 12.0. The number of aliphatic hydroxyl groups is 1. The number of nitrogens with zero attached hydrogens (tertiary/aromatic N) is 2. The molecule has 0 aromatic carbocycles. The van der Waals surface area contributed by atoms with Crippen molar-refractivity contribution in [3.05, 3.63) is 11.9 Å². The average Bonchev–Trinajstić information content (AvgIpc) is 2.36. The lowest BCUT2D eigenvalue weighted by Gasteiger charge is -2.40. The maximum Gasteiger partial charge on any atom is 0.134 e. The number of rotatable bonds is 3. The number of nitrogen functional groups attached to an aromatic ring is 1. The van der Waals surface area contributed by atoms with Crippen molar-refractivity contribution in [3.8, 4) is 0 Å². The second kappa shape index (κ2) is 4.96. The van der Waals surface area contributed by atoms with E-state index >= 15 is 0 Å². The van der Waals surface area contributed by atoms with E-state index in [1.165, 1.54) is 6.33 Å². The topological polar surface area (TPSA) is 84.1 Å². The SMILES string of the molecule is Cc1c(N)ncnc1NCC1(O)CCC(C)(C)CC1. The monoisotopic (exact) mass is 264 g/mol. The molecule has 1 aromatic heterocycles. The zero-order valence-corrected chi connectivity index (χ0v) is 12.0. The van der Waals surface area contributed by atoms with Gasteiger partial charge in [0.05, 0.1) is 5.60 Å². The molecule has 1 aliphatic carbocycles. The van der Waals surface area contributed by atoms with Gasteiger partial charge in [-0.3, -0.25) is 0 Å². The molecule has 1 saturated carbocycles. The van der Waals surface area contributed by atoms with Crippen molar-refractivity contribution >= 4 is 11.6 Å². The molecule has 0 amide bonds. The van der Waals surface area contributed by atoms with Crippen molar-refractivity contribution < 1.29 is 5.11 Å². The summed E-state index contributed by atoms with van der Waals surface area (Å²) in [4.78, 5) is 8.10. The Hall–Kier alpha value is -1.36. The van der Waals surface area contributed by atoms with Crippen molar-refractivity contribution in [2.24, 2.45) is 5.41 Å². The Morgan fingerprint density at radius 3 is 2.53 bits per heavy atom. The molecule has 5 heteroatoms.